The van der Waals surface area contributed by atoms with Crippen molar-refractivity contribution in [3.8, 4) is 17.1 Å². The summed E-state index contributed by atoms with van der Waals surface area (Å²) in [4.78, 5) is 0. The molecule has 0 fully saturated rings. The van der Waals surface area contributed by atoms with Crippen LogP contribution in [0.1, 0.15) is 0 Å². The molecule has 0 aliphatic rings. The van der Waals surface area contributed by atoms with E-state index < -0.39 is 0 Å². The number of anilines is 1. The van der Waals surface area contributed by atoms with Gasteiger partial charge < -0.3 is 5.73 Å². The van der Waals surface area contributed by atoms with Gasteiger partial charge in [0.15, 0.2) is 5.82 Å². The summed E-state index contributed by atoms with van der Waals surface area (Å²) in [6, 6.07) is 11.1. The predicted molar refractivity (Wildman–Crippen MR) is 89.4 cm³/mol. The number of hydrogen-bond donors (Lipinski definition) is 1. The first-order valence-electron chi connectivity index (χ1n) is 5.86. The summed E-state index contributed by atoms with van der Waals surface area (Å²) in [5.74, 6) is 0.526. The van der Waals surface area contributed by atoms with Crippen molar-refractivity contribution in [1.82, 2.24) is 20.2 Å². The fourth-order valence-corrected chi connectivity index (χ4v) is 3.29. The molecule has 0 bridgehead atoms. The molecule has 0 atom stereocenters. The first-order valence-corrected chi connectivity index (χ1v) is 7.82. The molecule has 0 radical (unpaired) electrons. The van der Waals surface area contributed by atoms with Gasteiger partial charge in [0.25, 0.3) is 0 Å². The zero-order valence-electron chi connectivity index (χ0n) is 10.5. The Balaban J connectivity index is 2.20. The molecule has 3 rings (SSSR count). The molecule has 1 aromatic heterocycles. The molecule has 2 aromatic carbocycles. The van der Waals surface area contributed by atoms with Gasteiger partial charge in [-0.05, 0) is 56.7 Å². The summed E-state index contributed by atoms with van der Waals surface area (Å²) in [7, 11) is 0. The Morgan fingerprint density at radius 1 is 1.14 bits per heavy atom. The Bertz CT molecular complexity index is 818. The van der Waals surface area contributed by atoms with Gasteiger partial charge >= 0.3 is 0 Å². The van der Waals surface area contributed by atoms with Crippen molar-refractivity contribution in [3.63, 3.8) is 0 Å². The van der Waals surface area contributed by atoms with Crippen molar-refractivity contribution in [2.24, 2.45) is 0 Å². The summed E-state index contributed by atoms with van der Waals surface area (Å²) >= 11 is 13.0. The first kappa shape index (κ1) is 14.5. The lowest BCUT2D eigenvalue weighted by Gasteiger charge is -2.09. The summed E-state index contributed by atoms with van der Waals surface area (Å²) < 4.78 is 3.42. The van der Waals surface area contributed by atoms with Crippen LogP contribution in [0.4, 0.5) is 5.69 Å². The number of nitrogen functional groups attached to an aromatic ring is 1. The molecule has 0 aliphatic carbocycles. The van der Waals surface area contributed by atoms with E-state index in [9.17, 15) is 0 Å². The van der Waals surface area contributed by atoms with Gasteiger partial charge in [0.1, 0.15) is 0 Å². The van der Waals surface area contributed by atoms with E-state index in [4.69, 9.17) is 17.3 Å². The summed E-state index contributed by atoms with van der Waals surface area (Å²) in [5.41, 5.74) is 7.96. The number of nitrogens with two attached hydrogens (primary N) is 1. The zero-order valence-corrected chi connectivity index (χ0v) is 14.4. The molecule has 8 heteroatoms. The van der Waals surface area contributed by atoms with Crippen LogP contribution >= 0.6 is 43.5 Å². The lowest BCUT2D eigenvalue weighted by molar-refractivity contribution is 0.789. The van der Waals surface area contributed by atoms with E-state index in [2.05, 4.69) is 47.4 Å². The molecular weight excluding hydrogens is 421 g/mol. The quantitative estimate of drug-likeness (QED) is 0.623. The van der Waals surface area contributed by atoms with Crippen LogP contribution in [0.15, 0.2) is 45.3 Å². The number of benzene rings is 2. The van der Waals surface area contributed by atoms with Crippen molar-refractivity contribution >= 4 is 49.1 Å². The van der Waals surface area contributed by atoms with Crippen molar-refractivity contribution in [3.05, 3.63) is 50.4 Å². The average Bonchev–Trinajstić information content (AvgIpc) is 2.91. The molecule has 0 saturated heterocycles. The number of para-hydroxylation sites is 1. The second-order valence-electron chi connectivity index (χ2n) is 4.21. The number of nitrogens with zero attached hydrogens (tertiary/aromatic N) is 4. The number of rotatable bonds is 2. The van der Waals surface area contributed by atoms with E-state index in [-0.39, 0.29) is 0 Å². The van der Waals surface area contributed by atoms with Gasteiger partial charge in [0.05, 0.1) is 16.4 Å². The lowest BCUT2D eigenvalue weighted by atomic mass is 10.1. The summed E-state index contributed by atoms with van der Waals surface area (Å²) in [6.45, 7) is 0. The highest BCUT2D eigenvalue weighted by atomic mass is 79.9. The maximum Gasteiger partial charge on any atom is 0.189 e. The Morgan fingerprint density at radius 2 is 1.95 bits per heavy atom. The fraction of sp³-hybridized carbons (Fsp3) is 0. The summed E-state index contributed by atoms with van der Waals surface area (Å²) in [5, 5.41) is 12.3. The number of halogens is 3. The van der Waals surface area contributed by atoms with Crippen LogP contribution in [0.3, 0.4) is 0 Å². The zero-order chi connectivity index (χ0) is 15.0. The third-order valence-corrected chi connectivity index (χ3v) is 4.36. The highest BCUT2D eigenvalue weighted by Gasteiger charge is 2.16. The molecule has 0 unspecified atom stereocenters. The Kier molecular flexibility index (Phi) is 3.97. The van der Waals surface area contributed by atoms with Crippen molar-refractivity contribution < 1.29 is 0 Å². The second kappa shape index (κ2) is 5.75. The predicted octanol–water partition coefficient (Wildman–Crippen LogP) is 4.09. The molecule has 21 heavy (non-hydrogen) atoms. The highest BCUT2D eigenvalue weighted by Crippen LogP contribution is 2.32. The highest BCUT2D eigenvalue weighted by molar-refractivity contribution is 9.11. The average molecular weight is 430 g/mol. The Hall–Kier alpha value is -1.44. The smallest absolute Gasteiger partial charge is 0.189 e. The third kappa shape index (κ3) is 2.68. The molecule has 5 nitrogen and oxygen atoms in total. The Morgan fingerprint density at radius 3 is 2.71 bits per heavy atom. The van der Waals surface area contributed by atoms with Gasteiger partial charge in [-0.25, -0.2) is 0 Å². The molecule has 0 saturated carbocycles. The number of aromatic nitrogens is 4. The van der Waals surface area contributed by atoms with E-state index in [0.717, 1.165) is 14.6 Å². The minimum absolute atomic E-state index is 0.448. The molecule has 3 aromatic rings. The first-order chi connectivity index (χ1) is 10.1. The number of tetrazole rings is 1. The normalized spacial score (nSPS) is 10.8. The van der Waals surface area contributed by atoms with E-state index in [1.54, 1.807) is 10.7 Å². The standard InChI is InChI=1S/C13H8Br2ClN5/c14-7-4-5-11(9(15)6-7)21-13(18-19-20-21)8-2-1-3-10(16)12(8)17/h1-6H,17H2. The topological polar surface area (TPSA) is 69.6 Å². The molecule has 0 spiro atoms. The van der Waals surface area contributed by atoms with E-state index in [1.807, 2.05) is 30.3 Å². The van der Waals surface area contributed by atoms with Crippen LogP contribution < -0.4 is 5.73 Å². The maximum absolute atomic E-state index is 6.06. The van der Waals surface area contributed by atoms with E-state index in [0.29, 0.717) is 22.1 Å². The molecule has 106 valence electrons. The van der Waals surface area contributed by atoms with E-state index >= 15 is 0 Å². The van der Waals surface area contributed by atoms with Crippen LogP contribution in [0.5, 0.6) is 0 Å². The van der Waals surface area contributed by atoms with Crippen LogP contribution in [0, 0.1) is 0 Å². The molecule has 0 aliphatic heterocycles. The van der Waals surface area contributed by atoms with Gasteiger partial charge in [-0.1, -0.05) is 33.6 Å². The minimum Gasteiger partial charge on any atom is -0.397 e. The van der Waals surface area contributed by atoms with Crippen molar-refractivity contribution in [2.45, 2.75) is 0 Å². The summed E-state index contributed by atoms with van der Waals surface area (Å²) in [6.07, 6.45) is 0. The molecule has 1 heterocycles. The van der Waals surface area contributed by atoms with Crippen LogP contribution in [-0.2, 0) is 0 Å². The second-order valence-corrected chi connectivity index (χ2v) is 6.39. The molecule has 0 amide bonds. The fourth-order valence-electron chi connectivity index (χ4n) is 1.90. The van der Waals surface area contributed by atoms with Gasteiger partial charge in [0.2, 0.25) is 0 Å². The Labute approximate surface area is 142 Å². The monoisotopic (exact) mass is 427 g/mol. The largest absolute Gasteiger partial charge is 0.397 e. The molecular formula is C13H8Br2ClN5. The van der Waals surface area contributed by atoms with Gasteiger partial charge in [-0.2, -0.15) is 4.68 Å². The van der Waals surface area contributed by atoms with Crippen molar-refractivity contribution in [1.29, 1.82) is 0 Å². The minimum atomic E-state index is 0.448. The van der Waals surface area contributed by atoms with Gasteiger partial charge in [-0.15, -0.1) is 5.10 Å². The maximum atomic E-state index is 6.06. The molecule has 2 N–H and O–H groups in total. The lowest BCUT2D eigenvalue weighted by Crippen LogP contribution is -2.02. The van der Waals surface area contributed by atoms with Crippen LogP contribution in [0.25, 0.3) is 17.1 Å². The van der Waals surface area contributed by atoms with Gasteiger partial charge in [-0.3, -0.25) is 0 Å². The van der Waals surface area contributed by atoms with E-state index in [1.165, 1.54) is 0 Å². The van der Waals surface area contributed by atoms with Gasteiger partial charge in [0, 0.05) is 14.5 Å². The van der Waals surface area contributed by atoms with Crippen molar-refractivity contribution in [2.75, 3.05) is 5.73 Å². The van der Waals surface area contributed by atoms with Crippen LogP contribution in [0.2, 0.25) is 5.02 Å². The number of hydrogen-bond acceptors (Lipinski definition) is 4. The third-order valence-electron chi connectivity index (χ3n) is 2.90. The SMILES string of the molecule is Nc1c(Cl)cccc1-c1nnnn1-c1ccc(Br)cc1Br. The van der Waals surface area contributed by atoms with Crippen LogP contribution in [-0.4, -0.2) is 20.2 Å².